The molecule has 0 aromatic carbocycles. The molecular formula is H5HoNO4S. The second-order valence-corrected chi connectivity index (χ2v) is 1.34. The minimum absolute atomic E-state index is 0. The van der Waals surface area contributed by atoms with Crippen molar-refractivity contribution in [3.8, 4) is 0 Å². The molecule has 0 bridgehead atoms. The van der Waals surface area contributed by atoms with Gasteiger partial charge in [-0.25, -0.2) is 0 Å². The fraction of sp³-hybridized carbons (Fsp3) is 0. The molecule has 51 valence electrons. The normalized spacial score (nSPS) is 8.29. The van der Waals surface area contributed by atoms with Crippen LogP contribution in [0.3, 0.4) is 0 Å². The van der Waals surface area contributed by atoms with Gasteiger partial charge in [-0.2, -0.15) is 8.42 Å². The average molecular weight is 280 g/mol. The Hall–Kier alpha value is 1.09. The smallest absolute Gasteiger partial charge is 0.344 e. The standard InChI is InChI=1S/Ho.H3N.H2O4S/c;;1-5(2,3)4/h;1H3;(H2,1,2,3,4). The van der Waals surface area contributed by atoms with E-state index in [1.165, 1.54) is 0 Å². The zero-order chi connectivity index (χ0) is 4.50. The third kappa shape index (κ3) is 155. The van der Waals surface area contributed by atoms with Crippen LogP contribution in [0.4, 0.5) is 0 Å². The summed E-state index contributed by atoms with van der Waals surface area (Å²) in [6, 6.07) is 0. The van der Waals surface area contributed by atoms with Gasteiger partial charge < -0.3 is 6.15 Å². The molecule has 0 atom stereocenters. The van der Waals surface area contributed by atoms with E-state index in [-0.39, 0.29) is 43.9 Å². The summed E-state index contributed by atoms with van der Waals surface area (Å²) in [7, 11) is -4.67. The topological polar surface area (TPSA) is 110 Å². The fourth-order valence-electron chi connectivity index (χ4n) is 0. The zero-order valence-corrected chi connectivity index (χ0v) is 5.88. The van der Waals surface area contributed by atoms with Crippen molar-refractivity contribution in [1.82, 2.24) is 6.15 Å². The first-order valence-corrected chi connectivity index (χ1v) is 2.10. The number of hydrogen-bond donors (Lipinski definition) is 3. The van der Waals surface area contributed by atoms with Gasteiger partial charge >= 0.3 is 10.4 Å². The van der Waals surface area contributed by atoms with Crippen molar-refractivity contribution in [3.05, 3.63) is 0 Å². The first-order valence-electron chi connectivity index (χ1n) is 0.698. The van der Waals surface area contributed by atoms with Crippen molar-refractivity contribution in [2.24, 2.45) is 0 Å². The van der Waals surface area contributed by atoms with E-state index in [9.17, 15) is 0 Å². The van der Waals surface area contributed by atoms with E-state index in [1.807, 2.05) is 0 Å². The summed E-state index contributed by atoms with van der Waals surface area (Å²) < 4.78 is 31.6. The van der Waals surface area contributed by atoms with Crippen LogP contribution >= 0.6 is 0 Å². The maximum atomic E-state index is 8.74. The van der Waals surface area contributed by atoms with Crippen LogP contribution in [0.25, 0.3) is 0 Å². The van der Waals surface area contributed by atoms with E-state index >= 15 is 0 Å². The van der Waals surface area contributed by atoms with Gasteiger partial charge in [0.25, 0.3) is 0 Å². The Labute approximate surface area is 71.3 Å². The summed E-state index contributed by atoms with van der Waals surface area (Å²) in [5.74, 6) is 0. The Balaban J connectivity index is -0.0000000800. The SMILES string of the molecule is N.O=S(=O)(O)O.[Ho]. The molecule has 0 heterocycles. The van der Waals surface area contributed by atoms with E-state index in [1.54, 1.807) is 0 Å². The molecule has 0 aliphatic rings. The van der Waals surface area contributed by atoms with Crippen LogP contribution in [0.2, 0.25) is 0 Å². The molecule has 0 spiro atoms. The second kappa shape index (κ2) is 5.23. The second-order valence-electron chi connectivity index (χ2n) is 0.448. The molecule has 7 heavy (non-hydrogen) atoms. The van der Waals surface area contributed by atoms with Crippen molar-refractivity contribution in [2.45, 2.75) is 0 Å². The Morgan fingerprint density at radius 1 is 1.14 bits per heavy atom. The third-order valence-electron chi connectivity index (χ3n) is 0. The first-order chi connectivity index (χ1) is 2.00. The van der Waals surface area contributed by atoms with E-state index in [2.05, 4.69) is 0 Å². The van der Waals surface area contributed by atoms with Crippen molar-refractivity contribution in [3.63, 3.8) is 0 Å². The van der Waals surface area contributed by atoms with Gasteiger partial charge in [0.05, 0.1) is 0 Å². The van der Waals surface area contributed by atoms with E-state index < -0.39 is 10.4 Å². The maximum Gasteiger partial charge on any atom is 0.394 e. The van der Waals surface area contributed by atoms with E-state index in [4.69, 9.17) is 17.5 Å². The largest absolute Gasteiger partial charge is 0.394 e. The molecule has 5 N–H and O–H groups in total. The predicted molar refractivity (Wildman–Crippen MR) is 19.2 cm³/mol. The van der Waals surface area contributed by atoms with Crippen LogP contribution in [0.15, 0.2) is 0 Å². The van der Waals surface area contributed by atoms with Gasteiger partial charge in [0, 0.05) is 37.7 Å². The van der Waals surface area contributed by atoms with Crippen molar-refractivity contribution >= 4 is 10.4 Å². The molecule has 1 radical (unpaired) electrons. The molecule has 0 aliphatic heterocycles. The molecule has 0 amide bonds. The Kier molecular flexibility index (Phi) is 11.7. The summed E-state index contributed by atoms with van der Waals surface area (Å²) in [5, 5.41) is 0. The van der Waals surface area contributed by atoms with Gasteiger partial charge in [0.15, 0.2) is 0 Å². The zero-order valence-electron chi connectivity index (χ0n) is 3.13. The van der Waals surface area contributed by atoms with Crippen molar-refractivity contribution in [1.29, 1.82) is 0 Å². The Bertz CT molecular complexity index is 94.9. The first kappa shape index (κ1) is 15.7. The molecule has 0 aromatic rings. The molecule has 0 fully saturated rings. The average Bonchev–Trinajstić information content (AvgIpc) is 0.722. The molecule has 0 saturated heterocycles. The minimum Gasteiger partial charge on any atom is -0.344 e. The van der Waals surface area contributed by atoms with Crippen LogP contribution in [-0.2, 0) is 10.4 Å². The predicted octanol–water partition coefficient (Wildman–Crippen LogP) is -0.491. The van der Waals surface area contributed by atoms with E-state index in [0.29, 0.717) is 0 Å². The van der Waals surface area contributed by atoms with E-state index in [0.717, 1.165) is 0 Å². The van der Waals surface area contributed by atoms with Gasteiger partial charge in [0.2, 0.25) is 0 Å². The Morgan fingerprint density at radius 2 is 1.14 bits per heavy atom. The molecule has 5 nitrogen and oxygen atoms in total. The molecular weight excluding hydrogens is 275 g/mol. The number of rotatable bonds is 0. The summed E-state index contributed by atoms with van der Waals surface area (Å²) in [6.45, 7) is 0. The van der Waals surface area contributed by atoms with Gasteiger partial charge in [-0.3, -0.25) is 9.11 Å². The molecule has 0 aromatic heterocycles. The van der Waals surface area contributed by atoms with Gasteiger partial charge in [-0.1, -0.05) is 0 Å². The summed E-state index contributed by atoms with van der Waals surface area (Å²) in [6.07, 6.45) is 0. The molecule has 0 saturated carbocycles. The van der Waals surface area contributed by atoms with Crippen LogP contribution < -0.4 is 6.15 Å². The van der Waals surface area contributed by atoms with Gasteiger partial charge in [0.1, 0.15) is 0 Å². The van der Waals surface area contributed by atoms with Crippen LogP contribution in [-0.4, -0.2) is 17.5 Å². The van der Waals surface area contributed by atoms with Crippen LogP contribution in [0, 0.1) is 37.7 Å². The van der Waals surface area contributed by atoms with Gasteiger partial charge in [-0.15, -0.1) is 0 Å². The van der Waals surface area contributed by atoms with Crippen molar-refractivity contribution in [2.75, 3.05) is 0 Å². The maximum absolute atomic E-state index is 8.74. The summed E-state index contributed by atoms with van der Waals surface area (Å²) >= 11 is 0. The van der Waals surface area contributed by atoms with Crippen LogP contribution in [0.5, 0.6) is 0 Å². The van der Waals surface area contributed by atoms with Gasteiger partial charge in [-0.05, 0) is 0 Å². The Morgan fingerprint density at radius 3 is 1.14 bits per heavy atom. The molecule has 0 rings (SSSR count). The van der Waals surface area contributed by atoms with Crippen LogP contribution in [0.1, 0.15) is 0 Å². The molecule has 0 aliphatic carbocycles. The number of hydrogen-bond acceptors (Lipinski definition) is 3. The third-order valence-corrected chi connectivity index (χ3v) is 0. The summed E-state index contributed by atoms with van der Waals surface area (Å²) in [4.78, 5) is 0. The monoisotopic (exact) mass is 280 g/mol. The minimum atomic E-state index is -4.67. The van der Waals surface area contributed by atoms with Crippen molar-refractivity contribution < 1.29 is 55.3 Å². The quantitative estimate of drug-likeness (QED) is 0.409. The molecule has 0 unspecified atom stereocenters. The molecule has 7 heteroatoms. The summed E-state index contributed by atoms with van der Waals surface area (Å²) in [5.41, 5.74) is 0. The fourth-order valence-corrected chi connectivity index (χ4v) is 0.